The van der Waals surface area contributed by atoms with Crippen LogP contribution >= 0.6 is 11.8 Å². The smallest absolute Gasteiger partial charge is 0.305 e. The Hall–Kier alpha value is -0.510. The van der Waals surface area contributed by atoms with Gasteiger partial charge in [0.25, 0.3) is 0 Å². The van der Waals surface area contributed by atoms with Gasteiger partial charge in [0.1, 0.15) is 0 Å². The first-order chi connectivity index (χ1) is 6.24. The van der Waals surface area contributed by atoms with Gasteiger partial charge < -0.3 is 4.74 Å². The molecule has 0 spiro atoms. The zero-order valence-electron chi connectivity index (χ0n) is 8.08. The lowest BCUT2D eigenvalue weighted by molar-refractivity contribution is -0.140. The fourth-order valence-corrected chi connectivity index (χ4v) is 2.19. The minimum absolute atomic E-state index is 0.129. The summed E-state index contributed by atoms with van der Waals surface area (Å²) in [6, 6.07) is 0. The molecule has 1 aliphatic rings. The lowest BCUT2D eigenvalue weighted by Gasteiger charge is -2.08. The molecule has 4 heteroatoms. The topological polar surface area (TPSA) is 38.7 Å². The average Bonchev–Trinajstić information content (AvgIpc) is 2.66. The van der Waals surface area contributed by atoms with E-state index in [1.165, 1.54) is 12.2 Å². The van der Waals surface area contributed by atoms with Crippen LogP contribution in [-0.2, 0) is 9.53 Å². The number of hydrogen-bond donors (Lipinski definition) is 0. The Balaban J connectivity index is 2.24. The molecule has 1 unspecified atom stereocenters. The largest absolute Gasteiger partial charge is 0.469 e. The molecule has 0 aromatic heterocycles. The van der Waals surface area contributed by atoms with E-state index in [1.807, 2.05) is 11.8 Å². The van der Waals surface area contributed by atoms with Crippen LogP contribution in [0.15, 0.2) is 4.99 Å². The van der Waals surface area contributed by atoms with Crippen LogP contribution in [0.4, 0.5) is 0 Å². The first kappa shape index (κ1) is 10.6. The van der Waals surface area contributed by atoms with Crippen molar-refractivity contribution in [2.24, 2.45) is 10.9 Å². The van der Waals surface area contributed by atoms with Gasteiger partial charge in [0.15, 0.2) is 0 Å². The number of esters is 1. The number of hydrogen-bond acceptors (Lipinski definition) is 4. The fraction of sp³-hybridized carbons (Fsp3) is 0.778. The molecule has 0 aliphatic carbocycles. The van der Waals surface area contributed by atoms with E-state index in [4.69, 9.17) is 0 Å². The molecule has 1 heterocycles. The van der Waals surface area contributed by atoms with E-state index in [0.29, 0.717) is 12.3 Å². The molecule has 0 fully saturated rings. The number of carbonyl (C=O) groups is 1. The summed E-state index contributed by atoms with van der Waals surface area (Å²) in [5.74, 6) is 1.37. The number of aliphatic imine (C=N–C) groups is 1. The summed E-state index contributed by atoms with van der Waals surface area (Å²) in [6.45, 7) is 3.04. The predicted molar refractivity (Wildman–Crippen MR) is 55.2 cm³/mol. The Morgan fingerprint density at radius 1 is 1.77 bits per heavy atom. The molecule has 0 aromatic carbocycles. The SMILES string of the molecule is COC(=O)CCC(C)C1=NCCS1. The molecule has 0 saturated heterocycles. The molecule has 74 valence electrons. The van der Waals surface area contributed by atoms with Crippen LogP contribution in [0, 0.1) is 5.92 Å². The van der Waals surface area contributed by atoms with Crippen molar-refractivity contribution in [2.45, 2.75) is 19.8 Å². The summed E-state index contributed by atoms with van der Waals surface area (Å²) >= 11 is 1.81. The zero-order valence-corrected chi connectivity index (χ0v) is 8.89. The van der Waals surface area contributed by atoms with E-state index in [0.717, 1.165) is 18.7 Å². The lowest BCUT2D eigenvalue weighted by atomic mass is 10.1. The lowest BCUT2D eigenvalue weighted by Crippen LogP contribution is -2.09. The summed E-state index contributed by atoms with van der Waals surface area (Å²) in [4.78, 5) is 15.2. The molecular formula is C9H15NO2S. The highest BCUT2D eigenvalue weighted by Gasteiger charge is 2.16. The summed E-state index contributed by atoms with van der Waals surface area (Å²) in [6.07, 6.45) is 1.34. The maximum Gasteiger partial charge on any atom is 0.305 e. The van der Waals surface area contributed by atoms with Gasteiger partial charge in [0.05, 0.1) is 12.2 Å². The van der Waals surface area contributed by atoms with Gasteiger partial charge in [-0.2, -0.15) is 0 Å². The highest BCUT2D eigenvalue weighted by atomic mass is 32.2. The monoisotopic (exact) mass is 201 g/mol. The Morgan fingerprint density at radius 2 is 2.54 bits per heavy atom. The van der Waals surface area contributed by atoms with Gasteiger partial charge in [0.2, 0.25) is 0 Å². The third-order valence-corrected chi connectivity index (χ3v) is 3.25. The second kappa shape index (κ2) is 5.27. The zero-order chi connectivity index (χ0) is 9.68. The Labute approximate surface area is 82.9 Å². The van der Waals surface area contributed by atoms with E-state index in [-0.39, 0.29) is 5.97 Å². The molecule has 1 rings (SSSR count). The van der Waals surface area contributed by atoms with E-state index < -0.39 is 0 Å². The fourth-order valence-electron chi connectivity index (χ4n) is 1.21. The van der Waals surface area contributed by atoms with Crippen LogP contribution < -0.4 is 0 Å². The summed E-state index contributed by atoms with van der Waals surface area (Å²) in [5, 5.41) is 1.20. The summed E-state index contributed by atoms with van der Waals surface area (Å²) < 4.78 is 4.58. The predicted octanol–water partition coefficient (Wildman–Crippen LogP) is 1.72. The minimum Gasteiger partial charge on any atom is -0.469 e. The first-order valence-corrected chi connectivity index (χ1v) is 5.46. The number of nitrogens with zero attached hydrogens (tertiary/aromatic N) is 1. The van der Waals surface area contributed by atoms with E-state index in [1.54, 1.807) is 0 Å². The Kier molecular flexibility index (Phi) is 4.28. The van der Waals surface area contributed by atoms with E-state index >= 15 is 0 Å². The second-order valence-corrected chi connectivity index (χ2v) is 4.20. The van der Waals surface area contributed by atoms with Gasteiger partial charge in [-0.25, -0.2) is 0 Å². The Morgan fingerprint density at radius 3 is 3.08 bits per heavy atom. The second-order valence-electron chi connectivity index (χ2n) is 3.08. The van der Waals surface area contributed by atoms with Gasteiger partial charge in [-0.05, 0) is 6.42 Å². The van der Waals surface area contributed by atoms with Crippen molar-refractivity contribution in [3.8, 4) is 0 Å². The standard InChI is InChI=1S/C9H15NO2S/c1-7(3-4-8(11)12-2)9-10-5-6-13-9/h7H,3-6H2,1-2H3. The van der Waals surface area contributed by atoms with E-state index in [2.05, 4.69) is 16.7 Å². The van der Waals surface area contributed by atoms with Crippen molar-refractivity contribution in [1.82, 2.24) is 0 Å². The molecule has 13 heavy (non-hydrogen) atoms. The van der Waals surface area contributed by atoms with Crippen LogP contribution in [0.3, 0.4) is 0 Å². The number of thioether (sulfide) groups is 1. The quantitative estimate of drug-likeness (QED) is 0.650. The third-order valence-electron chi connectivity index (χ3n) is 2.04. The van der Waals surface area contributed by atoms with Crippen LogP contribution in [0.5, 0.6) is 0 Å². The van der Waals surface area contributed by atoms with Crippen molar-refractivity contribution in [1.29, 1.82) is 0 Å². The van der Waals surface area contributed by atoms with Gasteiger partial charge in [-0.3, -0.25) is 9.79 Å². The van der Waals surface area contributed by atoms with E-state index in [9.17, 15) is 4.79 Å². The summed E-state index contributed by atoms with van der Waals surface area (Å²) in [7, 11) is 1.43. The molecule has 3 nitrogen and oxygen atoms in total. The molecule has 1 aliphatic heterocycles. The summed E-state index contributed by atoms with van der Waals surface area (Å²) in [5.41, 5.74) is 0. The molecule has 0 amide bonds. The number of ether oxygens (including phenoxy) is 1. The number of carbonyl (C=O) groups excluding carboxylic acids is 1. The molecule has 1 atom stereocenters. The molecule has 0 aromatic rings. The number of rotatable bonds is 4. The molecule has 0 bridgehead atoms. The number of methoxy groups -OCH3 is 1. The maximum atomic E-state index is 10.9. The van der Waals surface area contributed by atoms with Crippen LogP contribution in [0.25, 0.3) is 0 Å². The highest BCUT2D eigenvalue weighted by Crippen LogP contribution is 2.21. The maximum absolute atomic E-state index is 10.9. The van der Waals surface area contributed by atoms with Gasteiger partial charge in [-0.15, -0.1) is 11.8 Å². The molecule has 0 N–H and O–H groups in total. The van der Waals surface area contributed by atoms with Gasteiger partial charge in [-0.1, -0.05) is 6.92 Å². The molecule has 0 saturated carbocycles. The molecular weight excluding hydrogens is 186 g/mol. The normalized spacial score (nSPS) is 18.2. The van der Waals surface area contributed by atoms with Crippen molar-refractivity contribution >= 4 is 22.8 Å². The van der Waals surface area contributed by atoms with Crippen LogP contribution in [-0.4, -0.2) is 30.4 Å². The average molecular weight is 201 g/mol. The Bertz CT molecular complexity index is 216. The van der Waals surface area contributed by atoms with Crippen LogP contribution in [0.2, 0.25) is 0 Å². The highest BCUT2D eigenvalue weighted by molar-refractivity contribution is 8.14. The minimum atomic E-state index is -0.129. The van der Waals surface area contributed by atoms with Crippen molar-refractivity contribution in [3.63, 3.8) is 0 Å². The first-order valence-electron chi connectivity index (χ1n) is 4.48. The van der Waals surface area contributed by atoms with Crippen molar-refractivity contribution in [3.05, 3.63) is 0 Å². The van der Waals surface area contributed by atoms with Crippen molar-refractivity contribution < 1.29 is 9.53 Å². The van der Waals surface area contributed by atoms with Crippen LogP contribution in [0.1, 0.15) is 19.8 Å². The van der Waals surface area contributed by atoms with Gasteiger partial charge >= 0.3 is 5.97 Å². The third kappa shape index (κ3) is 3.38. The molecule has 0 radical (unpaired) electrons. The van der Waals surface area contributed by atoms with Gasteiger partial charge in [0, 0.05) is 24.6 Å². The van der Waals surface area contributed by atoms with Crippen molar-refractivity contribution in [2.75, 3.05) is 19.4 Å².